The number of nitrogens with zero attached hydrogens (tertiary/aromatic N) is 1. The highest BCUT2D eigenvalue weighted by atomic mass is 16.5. The molecule has 0 N–H and O–H groups in total. The molecule has 0 aliphatic rings. The molecule has 0 unspecified atom stereocenters. The third-order valence-electron chi connectivity index (χ3n) is 2.22. The first-order valence-electron chi connectivity index (χ1n) is 4.74. The van der Waals surface area contributed by atoms with E-state index in [1.807, 2.05) is 18.3 Å². The van der Waals surface area contributed by atoms with Crippen LogP contribution in [0.5, 0.6) is 0 Å². The Kier molecular flexibility index (Phi) is 2.85. The molecular weight excluding hydrogens is 186 g/mol. The molecule has 0 fully saturated rings. The van der Waals surface area contributed by atoms with Crippen LogP contribution in [0.3, 0.4) is 0 Å². The van der Waals surface area contributed by atoms with E-state index in [0.717, 1.165) is 5.39 Å². The van der Waals surface area contributed by atoms with Crippen molar-refractivity contribution >= 4 is 10.8 Å². The lowest BCUT2D eigenvalue weighted by Crippen LogP contribution is -1.85. The lowest BCUT2D eigenvalue weighted by molar-refractivity contribution is 0.372. The second-order valence-corrected chi connectivity index (χ2v) is 3.17. The molecular formula is C13H11NO. The van der Waals surface area contributed by atoms with Gasteiger partial charge in [-0.3, -0.25) is 4.98 Å². The molecule has 0 saturated carbocycles. The van der Waals surface area contributed by atoms with Gasteiger partial charge in [-0.1, -0.05) is 24.1 Å². The highest BCUT2D eigenvalue weighted by Gasteiger charge is 1.97. The Balaban J connectivity index is 2.42. The highest BCUT2D eigenvalue weighted by molar-refractivity contribution is 5.84. The zero-order chi connectivity index (χ0) is 10.5. The van der Waals surface area contributed by atoms with Gasteiger partial charge < -0.3 is 4.74 Å². The first kappa shape index (κ1) is 9.54. The minimum atomic E-state index is 0.704. The van der Waals surface area contributed by atoms with Crippen LogP contribution in [0.15, 0.2) is 36.7 Å². The van der Waals surface area contributed by atoms with Crippen LogP contribution >= 0.6 is 0 Å². The van der Waals surface area contributed by atoms with Gasteiger partial charge in [0.25, 0.3) is 0 Å². The van der Waals surface area contributed by atoms with Crippen LogP contribution in [0.4, 0.5) is 0 Å². The summed E-state index contributed by atoms with van der Waals surface area (Å²) in [5.74, 6) is 2.95. The molecule has 2 aromatic rings. The van der Waals surface area contributed by atoms with Gasteiger partial charge in [-0.2, -0.15) is 0 Å². The Morgan fingerprint density at radius 2 is 2.27 bits per heavy atom. The molecule has 74 valence electrons. The third kappa shape index (κ3) is 2.08. The molecule has 2 heteroatoms. The minimum Gasteiger partial charge on any atom is -0.450 e. The fraction of sp³-hybridized carbons (Fsp3) is 0.154. The lowest BCUT2D eigenvalue weighted by Gasteiger charge is -2.01. The number of ether oxygens (including phenoxy) is 1. The van der Waals surface area contributed by atoms with Gasteiger partial charge in [0.2, 0.25) is 0 Å². The predicted molar refractivity (Wildman–Crippen MR) is 60.2 cm³/mol. The minimum absolute atomic E-state index is 0.704. The van der Waals surface area contributed by atoms with Crippen molar-refractivity contribution in [1.82, 2.24) is 4.98 Å². The van der Waals surface area contributed by atoms with E-state index in [1.54, 1.807) is 13.3 Å². The number of hydrogen-bond acceptors (Lipinski definition) is 2. The Morgan fingerprint density at radius 1 is 1.33 bits per heavy atom. The maximum absolute atomic E-state index is 4.70. The van der Waals surface area contributed by atoms with Crippen LogP contribution in [0, 0.1) is 12.0 Å². The molecule has 0 amide bonds. The molecule has 0 aliphatic heterocycles. The summed E-state index contributed by atoms with van der Waals surface area (Å²) in [6.45, 7) is 0. The average molecular weight is 197 g/mol. The first-order chi connectivity index (χ1) is 7.42. The van der Waals surface area contributed by atoms with E-state index in [2.05, 4.69) is 29.1 Å². The fourth-order valence-electron chi connectivity index (χ4n) is 1.55. The predicted octanol–water partition coefficient (Wildman–Crippen LogP) is 2.38. The van der Waals surface area contributed by atoms with Crippen LogP contribution in [0.25, 0.3) is 10.8 Å². The van der Waals surface area contributed by atoms with Gasteiger partial charge in [-0.15, -0.1) is 0 Å². The lowest BCUT2D eigenvalue weighted by atomic mass is 10.0. The molecule has 2 rings (SSSR count). The molecule has 0 spiro atoms. The number of methoxy groups -OCH3 is 1. The molecule has 0 radical (unpaired) electrons. The van der Waals surface area contributed by atoms with Gasteiger partial charge in [0, 0.05) is 24.2 Å². The number of rotatable bonds is 1. The van der Waals surface area contributed by atoms with E-state index in [1.165, 1.54) is 10.9 Å². The van der Waals surface area contributed by atoms with Crippen LogP contribution in [-0.4, -0.2) is 12.1 Å². The van der Waals surface area contributed by atoms with Crippen LogP contribution in [-0.2, 0) is 11.2 Å². The Hall–Kier alpha value is -2.01. The Labute approximate surface area is 88.9 Å². The molecule has 0 saturated heterocycles. The van der Waals surface area contributed by atoms with Gasteiger partial charge in [0.05, 0.1) is 7.11 Å². The SMILES string of the molecule is COC#CCc1cccc2cnccc12. The Bertz CT molecular complexity index is 517. The van der Waals surface area contributed by atoms with Crippen molar-refractivity contribution in [3.05, 3.63) is 42.2 Å². The van der Waals surface area contributed by atoms with Crippen LogP contribution < -0.4 is 0 Å². The van der Waals surface area contributed by atoms with E-state index >= 15 is 0 Å². The number of hydrogen-bond donors (Lipinski definition) is 0. The summed E-state index contributed by atoms with van der Waals surface area (Å²) in [7, 11) is 1.57. The van der Waals surface area contributed by atoms with Crippen molar-refractivity contribution in [3.63, 3.8) is 0 Å². The summed E-state index contributed by atoms with van der Waals surface area (Å²) >= 11 is 0. The van der Waals surface area contributed by atoms with Crippen molar-refractivity contribution in [3.8, 4) is 12.0 Å². The van der Waals surface area contributed by atoms with Crippen molar-refractivity contribution < 1.29 is 4.74 Å². The summed E-state index contributed by atoms with van der Waals surface area (Å²) < 4.78 is 4.70. The largest absolute Gasteiger partial charge is 0.450 e. The maximum Gasteiger partial charge on any atom is 0.110 e. The molecule has 1 aromatic heterocycles. The molecule has 0 bridgehead atoms. The van der Waals surface area contributed by atoms with Gasteiger partial charge in [0.15, 0.2) is 0 Å². The number of pyridine rings is 1. The van der Waals surface area contributed by atoms with Crippen LogP contribution in [0.2, 0.25) is 0 Å². The monoisotopic (exact) mass is 197 g/mol. The second kappa shape index (κ2) is 4.47. The molecule has 1 aromatic carbocycles. The van der Waals surface area contributed by atoms with Gasteiger partial charge in [-0.05, 0) is 17.0 Å². The topological polar surface area (TPSA) is 22.1 Å². The number of fused-ring (bicyclic) bond motifs is 1. The summed E-state index contributed by atoms with van der Waals surface area (Å²) in [6.07, 6.45) is 6.96. The maximum atomic E-state index is 4.70. The molecule has 0 atom stereocenters. The molecule has 15 heavy (non-hydrogen) atoms. The zero-order valence-corrected chi connectivity index (χ0v) is 8.53. The van der Waals surface area contributed by atoms with E-state index in [-0.39, 0.29) is 0 Å². The average Bonchev–Trinajstić information content (AvgIpc) is 2.30. The van der Waals surface area contributed by atoms with Gasteiger partial charge >= 0.3 is 0 Å². The zero-order valence-electron chi connectivity index (χ0n) is 8.53. The van der Waals surface area contributed by atoms with Crippen molar-refractivity contribution in [2.45, 2.75) is 6.42 Å². The summed E-state index contributed by atoms with van der Waals surface area (Å²) in [5, 5.41) is 2.35. The second-order valence-electron chi connectivity index (χ2n) is 3.17. The van der Waals surface area contributed by atoms with Crippen LogP contribution in [0.1, 0.15) is 5.56 Å². The molecule has 1 heterocycles. The van der Waals surface area contributed by atoms with E-state index in [0.29, 0.717) is 6.42 Å². The Morgan fingerprint density at radius 3 is 3.13 bits per heavy atom. The summed E-state index contributed by atoms with van der Waals surface area (Å²) in [4.78, 5) is 4.09. The quantitative estimate of drug-likeness (QED) is 0.655. The van der Waals surface area contributed by atoms with E-state index in [9.17, 15) is 0 Å². The highest BCUT2D eigenvalue weighted by Crippen LogP contribution is 2.17. The van der Waals surface area contributed by atoms with Crippen molar-refractivity contribution in [2.24, 2.45) is 0 Å². The smallest absolute Gasteiger partial charge is 0.110 e. The van der Waals surface area contributed by atoms with Gasteiger partial charge in [-0.25, -0.2) is 0 Å². The number of aromatic nitrogens is 1. The standard InChI is InChI=1S/C13H11NO/c1-15-9-3-6-11-4-2-5-12-10-14-8-7-13(11)12/h2,4-5,7-8,10H,6H2,1H3. The van der Waals surface area contributed by atoms with Crippen molar-refractivity contribution in [2.75, 3.05) is 7.11 Å². The van der Waals surface area contributed by atoms with Crippen molar-refractivity contribution in [1.29, 1.82) is 0 Å². The van der Waals surface area contributed by atoms with E-state index < -0.39 is 0 Å². The third-order valence-corrected chi connectivity index (χ3v) is 2.22. The van der Waals surface area contributed by atoms with E-state index in [4.69, 9.17) is 4.74 Å². The first-order valence-corrected chi connectivity index (χ1v) is 4.74. The number of benzene rings is 1. The summed E-state index contributed by atoms with van der Waals surface area (Å²) in [5.41, 5.74) is 1.21. The normalized spacial score (nSPS) is 9.40. The summed E-state index contributed by atoms with van der Waals surface area (Å²) in [6, 6.07) is 8.16. The van der Waals surface area contributed by atoms with Gasteiger partial charge in [0.1, 0.15) is 6.11 Å². The fourth-order valence-corrected chi connectivity index (χ4v) is 1.55. The molecule has 2 nitrogen and oxygen atoms in total. The molecule has 0 aliphatic carbocycles.